The Morgan fingerprint density at radius 2 is 1.43 bits per heavy atom. The van der Waals surface area contributed by atoms with E-state index in [1.807, 2.05) is 48.5 Å². The monoisotopic (exact) mass is 465 g/mol. The van der Waals surface area contributed by atoms with Crippen LogP contribution in [0.25, 0.3) is 0 Å². The summed E-state index contributed by atoms with van der Waals surface area (Å²) in [6, 6.07) is 21.7. The summed E-state index contributed by atoms with van der Waals surface area (Å²) < 4.78 is 5.04. The molecule has 174 valence electrons. The molecule has 0 radical (unpaired) electrons. The van der Waals surface area contributed by atoms with Crippen LogP contribution in [0.15, 0.2) is 72.8 Å². The number of nitrogens with zero attached hydrogens (tertiary/aromatic N) is 1. The molecule has 2 unspecified atom stereocenters. The van der Waals surface area contributed by atoms with Crippen molar-refractivity contribution < 1.29 is 23.9 Å². The second-order valence-electron chi connectivity index (χ2n) is 9.30. The summed E-state index contributed by atoms with van der Waals surface area (Å²) in [5.41, 5.74) is 3.00. The summed E-state index contributed by atoms with van der Waals surface area (Å²) in [5.74, 6) is -3.13. The highest BCUT2D eigenvalue weighted by molar-refractivity contribution is 6.25. The van der Waals surface area contributed by atoms with Gasteiger partial charge < -0.3 is 4.74 Å². The van der Waals surface area contributed by atoms with Gasteiger partial charge in [-0.15, -0.1) is 0 Å². The topological polar surface area (TPSA) is 80.8 Å². The van der Waals surface area contributed by atoms with Crippen molar-refractivity contribution in [3.05, 3.63) is 101 Å². The molecule has 0 aromatic heterocycles. The lowest BCUT2D eigenvalue weighted by Gasteiger charge is -2.52. The average Bonchev–Trinajstić information content (AvgIpc) is 3.14. The number of imide groups is 1. The highest BCUT2D eigenvalue weighted by atomic mass is 16.5. The second kappa shape index (κ2) is 7.47. The van der Waals surface area contributed by atoms with Crippen LogP contribution in [0.1, 0.15) is 52.4 Å². The van der Waals surface area contributed by atoms with Gasteiger partial charge in [-0.1, -0.05) is 48.5 Å². The van der Waals surface area contributed by atoms with Crippen LogP contribution in [-0.4, -0.2) is 30.2 Å². The number of ether oxygens (including phenoxy) is 1. The summed E-state index contributed by atoms with van der Waals surface area (Å²) in [7, 11) is 0. The van der Waals surface area contributed by atoms with Crippen molar-refractivity contribution >= 4 is 29.3 Å². The first-order chi connectivity index (χ1) is 16.9. The zero-order valence-corrected chi connectivity index (χ0v) is 19.4. The predicted octanol–water partition coefficient (Wildman–Crippen LogP) is 4.00. The molecule has 2 atom stereocenters. The van der Waals surface area contributed by atoms with E-state index >= 15 is 0 Å². The fourth-order valence-corrected chi connectivity index (χ4v) is 6.59. The van der Waals surface area contributed by atoms with Crippen LogP contribution in [-0.2, 0) is 24.5 Å². The third-order valence-corrected chi connectivity index (χ3v) is 7.81. The van der Waals surface area contributed by atoms with Gasteiger partial charge in [-0.2, -0.15) is 0 Å². The van der Waals surface area contributed by atoms with Gasteiger partial charge in [0.25, 0.3) is 0 Å². The van der Waals surface area contributed by atoms with Gasteiger partial charge in [0.2, 0.25) is 11.8 Å². The first kappa shape index (κ1) is 21.5. The first-order valence-electron chi connectivity index (χ1n) is 11.8. The first-order valence-corrected chi connectivity index (χ1v) is 11.8. The summed E-state index contributed by atoms with van der Waals surface area (Å²) >= 11 is 0. The van der Waals surface area contributed by atoms with Crippen LogP contribution in [0.2, 0.25) is 0 Å². The number of amides is 2. The lowest BCUT2D eigenvalue weighted by atomic mass is 9.46. The molecule has 1 fully saturated rings. The number of esters is 1. The van der Waals surface area contributed by atoms with E-state index < -0.39 is 23.2 Å². The fraction of sp³-hybridized carbons (Fsp3) is 0.241. The molecule has 0 saturated carbocycles. The smallest absolute Gasteiger partial charge is 0.338 e. The van der Waals surface area contributed by atoms with Crippen LogP contribution in [0, 0.1) is 11.8 Å². The SMILES string of the molecule is CCOC(=O)c1ccc(N2C(=O)C3C4c5ccccc5C(C(C)=O)(c5ccccc54)C3C2=O)cc1. The molecule has 1 aliphatic heterocycles. The number of carbonyl (C=O) groups is 4. The molecule has 35 heavy (non-hydrogen) atoms. The minimum Gasteiger partial charge on any atom is -0.462 e. The maximum Gasteiger partial charge on any atom is 0.338 e. The summed E-state index contributed by atoms with van der Waals surface area (Å²) in [6.07, 6.45) is 0. The molecule has 1 heterocycles. The number of ketones is 1. The Bertz CT molecular complexity index is 1380. The number of anilines is 1. The van der Waals surface area contributed by atoms with Gasteiger partial charge in [-0.25, -0.2) is 9.69 Å². The minimum atomic E-state index is -1.22. The van der Waals surface area contributed by atoms with Crippen LogP contribution in [0.5, 0.6) is 0 Å². The van der Waals surface area contributed by atoms with Gasteiger partial charge in [0, 0.05) is 5.92 Å². The predicted molar refractivity (Wildman–Crippen MR) is 128 cm³/mol. The van der Waals surface area contributed by atoms with Gasteiger partial charge in [0.05, 0.1) is 35.1 Å². The third kappa shape index (κ3) is 2.59. The number of carbonyl (C=O) groups excluding carboxylic acids is 4. The summed E-state index contributed by atoms with van der Waals surface area (Å²) in [4.78, 5) is 54.9. The molecule has 3 aliphatic carbocycles. The van der Waals surface area contributed by atoms with Crippen molar-refractivity contribution in [2.45, 2.75) is 25.2 Å². The maximum absolute atomic E-state index is 14.1. The van der Waals surface area contributed by atoms with E-state index in [-0.39, 0.29) is 30.1 Å². The Balaban J connectivity index is 1.53. The van der Waals surface area contributed by atoms with Crippen molar-refractivity contribution in [3.63, 3.8) is 0 Å². The van der Waals surface area contributed by atoms with Crippen molar-refractivity contribution in [2.75, 3.05) is 11.5 Å². The quantitative estimate of drug-likeness (QED) is 0.430. The van der Waals surface area contributed by atoms with Crippen molar-refractivity contribution in [1.82, 2.24) is 0 Å². The average molecular weight is 466 g/mol. The second-order valence-corrected chi connectivity index (χ2v) is 9.30. The molecule has 0 N–H and O–H groups in total. The number of benzene rings is 3. The molecular weight excluding hydrogens is 442 g/mol. The number of hydrogen-bond acceptors (Lipinski definition) is 5. The van der Waals surface area contributed by atoms with Gasteiger partial charge in [0.15, 0.2) is 0 Å². The Morgan fingerprint density at radius 3 is 1.97 bits per heavy atom. The zero-order valence-electron chi connectivity index (χ0n) is 19.4. The molecule has 0 spiro atoms. The molecular formula is C29H23NO5. The number of hydrogen-bond donors (Lipinski definition) is 0. The number of rotatable bonds is 4. The highest BCUT2D eigenvalue weighted by Gasteiger charge is 2.69. The molecule has 2 amide bonds. The maximum atomic E-state index is 14.1. The molecule has 6 heteroatoms. The van der Waals surface area contributed by atoms with E-state index in [0.29, 0.717) is 11.3 Å². The van der Waals surface area contributed by atoms with E-state index in [1.54, 1.807) is 31.2 Å². The third-order valence-electron chi connectivity index (χ3n) is 7.81. The largest absolute Gasteiger partial charge is 0.462 e. The lowest BCUT2D eigenvalue weighted by molar-refractivity contribution is -0.132. The Kier molecular flexibility index (Phi) is 4.58. The summed E-state index contributed by atoms with van der Waals surface area (Å²) in [5, 5.41) is 0. The van der Waals surface area contributed by atoms with Crippen molar-refractivity contribution in [3.8, 4) is 0 Å². The Hall–Kier alpha value is -4.06. The zero-order chi connectivity index (χ0) is 24.5. The van der Waals surface area contributed by atoms with E-state index in [0.717, 1.165) is 22.3 Å². The lowest BCUT2D eigenvalue weighted by Crippen LogP contribution is -2.57. The van der Waals surface area contributed by atoms with Crippen LogP contribution >= 0.6 is 0 Å². The van der Waals surface area contributed by atoms with Crippen molar-refractivity contribution in [1.29, 1.82) is 0 Å². The van der Waals surface area contributed by atoms with E-state index in [1.165, 1.54) is 11.8 Å². The van der Waals surface area contributed by atoms with Crippen LogP contribution < -0.4 is 4.90 Å². The van der Waals surface area contributed by atoms with Crippen LogP contribution in [0.3, 0.4) is 0 Å². The highest BCUT2D eigenvalue weighted by Crippen LogP contribution is 2.64. The molecule has 3 aromatic rings. The number of Topliss-reactive ketones (excluding diaryl/α,β-unsaturated/α-hetero) is 1. The van der Waals surface area contributed by atoms with Gasteiger partial charge in [-0.3, -0.25) is 14.4 Å². The van der Waals surface area contributed by atoms with Crippen LogP contribution in [0.4, 0.5) is 5.69 Å². The minimum absolute atomic E-state index is 0.147. The molecule has 3 aromatic carbocycles. The summed E-state index contributed by atoms with van der Waals surface area (Å²) in [6.45, 7) is 3.50. The standard InChI is InChI=1S/C29H23NO5/c1-3-35-28(34)17-12-14-18(15-13-17)30-26(32)24-23-19-8-4-6-10-21(19)29(16(2)31,25(24)27(30)33)22-11-7-5-9-20(22)23/h4-15,23-25H,3H2,1-2H3. The van der Waals surface area contributed by atoms with Gasteiger partial charge in [0.1, 0.15) is 5.78 Å². The Labute approximate surface area is 202 Å². The van der Waals surface area contributed by atoms with E-state index in [4.69, 9.17) is 4.74 Å². The van der Waals surface area contributed by atoms with Gasteiger partial charge >= 0.3 is 5.97 Å². The molecule has 7 rings (SSSR count). The molecule has 2 bridgehead atoms. The van der Waals surface area contributed by atoms with E-state index in [9.17, 15) is 19.2 Å². The normalized spacial score (nSPS) is 25.7. The van der Waals surface area contributed by atoms with Crippen molar-refractivity contribution in [2.24, 2.45) is 11.8 Å². The van der Waals surface area contributed by atoms with Gasteiger partial charge in [-0.05, 0) is 60.4 Å². The Morgan fingerprint density at radius 1 is 0.857 bits per heavy atom. The molecule has 6 nitrogen and oxygen atoms in total. The fourth-order valence-electron chi connectivity index (χ4n) is 6.59. The molecule has 1 saturated heterocycles. The van der Waals surface area contributed by atoms with E-state index in [2.05, 4.69) is 0 Å². The molecule has 4 aliphatic rings.